The fourth-order valence-electron chi connectivity index (χ4n) is 2.21. The van der Waals surface area contributed by atoms with E-state index in [0.29, 0.717) is 15.7 Å². The fourth-order valence-corrected chi connectivity index (χ4v) is 4.64. The first-order valence-electron chi connectivity index (χ1n) is 6.13. The first-order valence-corrected chi connectivity index (χ1v) is 7.99. The number of anilines is 2. The minimum atomic E-state index is -1.18. The number of nitrogens with zero attached hydrogens (tertiary/aromatic N) is 3. The van der Waals surface area contributed by atoms with Crippen molar-refractivity contribution in [2.45, 2.75) is 16.4 Å². The van der Waals surface area contributed by atoms with Crippen molar-refractivity contribution >= 4 is 47.2 Å². The molecule has 0 aromatic carbocycles. The third kappa shape index (κ3) is 2.36. The van der Waals surface area contributed by atoms with Gasteiger partial charge >= 0.3 is 5.97 Å². The maximum Gasteiger partial charge on any atom is 0.353 e. The molecule has 0 radical (unpaired) electrons. The van der Waals surface area contributed by atoms with E-state index in [9.17, 15) is 14.7 Å². The molecule has 0 unspecified atom stereocenters. The van der Waals surface area contributed by atoms with Crippen molar-refractivity contribution in [2.75, 3.05) is 17.2 Å². The number of carbonyl (C=O) groups is 2. The molecule has 1 aromatic rings. The van der Waals surface area contributed by atoms with Crippen molar-refractivity contribution in [3.8, 4) is 0 Å². The van der Waals surface area contributed by atoms with Crippen LogP contribution in [0.2, 0.25) is 0 Å². The molecular weight excluding hydrogens is 328 g/mol. The van der Waals surface area contributed by atoms with Crippen LogP contribution in [0.25, 0.3) is 0 Å². The highest BCUT2D eigenvalue weighted by molar-refractivity contribution is 8.06. The number of nitrogens with two attached hydrogens (primary N) is 3. The van der Waals surface area contributed by atoms with Gasteiger partial charge in [0, 0.05) is 16.7 Å². The van der Waals surface area contributed by atoms with Crippen molar-refractivity contribution in [2.24, 2.45) is 5.73 Å². The zero-order valence-electron chi connectivity index (χ0n) is 11.1. The Kier molecular flexibility index (Phi) is 3.62. The third-order valence-corrected chi connectivity index (χ3v) is 5.63. The number of hydrogen-bond acceptors (Lipinski definition) is 9. The van der Waals surface area contributed by atoms with Gasteiger partial charge in [-0.25, -0.2) is 9.78 Å². The second-order valence-corrected chi connectivity index (χ2v) is 6.82. The van der Waals surface area contributed by atoms with Crippen LogP contribution in [0, 0.1) is 0 Å². The Bertz CT molecular complexity index is 689. The lowest BCUT2D eigenvalue weighted by molar-refractivity contribution is -0.147. The van der Waals surface area contributed by atoms with Crippen molar-refractivity contribution in [1.82, 2.24) is 14.9 Å². The summed E-state index contributed by atoms with van der Waals surface area (Å²) >= 11 is 2.52. The van der Waals surface area contributed by atoms with Gasteiger partial charge in [0.05, 0.1) is 0 Å². The lowest BCUT2D eigenvalue weighted by atomic mass is 10.1. The molecule has 1 amide bonds. The Morgan fingerprint density at radius 1 is 1.45 bits per heavy atom. The number of carboxylic acid groups (broad SMARTS) is 1. The predicted molar refractivity (Wildman–Crippen MR) is 82.4 cm³/mol. The van der Waals surface area contributed by atoms with E-state index in [1.165, 1.54) is 22.7 Å². The highest BCUT2D eigenvalue weighted by Crippen LogP contribution is 2.44. The molecule has 1 fully saturated rings. The SMILES string of the molecule is Nc1cc(SC2=C(C(=O)O)N3C(=O)[C@@H](N)[C@H]3SC2)nc(N)n1. The number of aromatic nitrogens is 2. The molecule has 7 N–H and O–H groups in total. The molecule has 9 nitrogen and oxygen atoms in total. The van der Waals surface area contributed by atoms with E-state index in [0.717, 1.165) is 11.8 Å². The molecule has 116 valence electrons. The molecule has 0 aliphatic carbocycles. The minimum Gasteiger partial charge on any atom is -0.477 e. The topological polar surface area (TPSA) is 161 Å². The summed E-state index contributed by atoms with van der Waals surface area (Å²) in [7, 11) is 0. The number of nitrogen functional groups attached to an aromatic ring is 2. The largest absolute Gasteiger partial charge is 0.477 e. The molecule has 11 heteroatoms. The van der Waals surface area contributed by atoms with Crippen LogP contribution in [0.3, 0.4) is 0 Å². The highest BCUT2D eigenvalue weighted by atomic mass is 32.2. The zero-order chi connectivity index (χ0) is 16.0. The van der Waals surface area contributed by atoms with Crippen LogP contribution in [0.1, 0.15) is 0 Å². The van der Waals surface area contributed by atoms with Gasteiger partial charge in [0.25, 0.3) is 0 Å². The summed E-state index contributed by atoms with van der Waals surface area (Å²) in [6, 6.07) is 0.838. The van der Waals surface area contributed by atoms with Crippen molar-refractivity contribution < 1.29 is 14.7 Å². The lowest BCUT2D eigenvalue weighted by Crippen LogP contribution is -2.68. The van der Waals surface area contributed by atoms with Crippen LogP contribution in [0.15, 0.2) is 21.7 Å². The number of thioether (sulfide) groups is 2. The van der Waals surface area contributed by atoms with Crippen LogP contribution in [0.4, 0.5) is 11.8 Å². The van der Waals surface area contributed by atoms with E-state index < -0.39 is 17.9 Å². The third-order valence-electron chi connectivity index (χ3n) is 3.14. The standard InChI is InChI=1S/C11H12N6O3S2/c12-4-1-5(16-11(14)15-4)22-3-2-21-9-6(13)8(18)17(9)7(3)10(19)20/h1,6,9H,2,13H2,(H,19,20)(H4,12,14,15,16)/t6-,9-/m1/s1. The maximum atomic E-state index is 11.8. The summed E-state index contributed by atoms with van der Waals surface area (Å²) in [6.45, 7) is 0. The number of amides is 1. The van der Waals surface area contributed by atoms with Gasteiger partial charge < -0.3 is 22.3 Å². The fraction of sp³-hybridized carbons (Fsp3) is 0.273. The van der Waals surface area contributed by atoms with E-state index in [4.69, 9.17) is 17.2 Å². The van der Waals surface area contributed by atoms with E-state index in [1.54, 1.807) is 0 Å². The summed E-state index contributed by atoms with van der Waals surface area (Å²) in [5.74, 6) is -0.963. The second-order valence-electron chi connectivity index (χ2n) is 4.60. The number of aliphatic carboxylic acids is 1. The molecule has 1 aromatic heterocycles. The van der Waals surface area contributed by atoms with E-state index >= 15 is 0 Å². The molecule has 1 saturated heterocycles. The number of hydrogen-bond donors (Lipinski definition) is 4. The van der Waals surface area contributed by atoms with Gasteiger partial charge in [0.2, 0.25) is 11.9 Å². The highest BCUT2D eigenvalue weighted by Gasteiger charge is 2.51. The summed E-state index contributed by atoms with van der Waals surface area (Å²) in [6.07, 6.45) is 0. The Labute approximate surface area is 133 Å². The maximum absolute atomic E-state index is 11.8. The normalized spacial score (nSPS) is 24.0. The Morgan fingerprint density at radius 3 is 2.82 bits per heavy atom. The molecule has 3 rings (SSSR count). The average Bonchev–Trinajstić information content (AvgIpc) is 2.44. The molecule has 3 heterocycles. The predicted octanol–water partition coefficient (Wildman–Crippen LogP) is -0.728. The van der Waals surface area contributed by atoms with Crippen LogP contribution in [-0.2, 0) is 9.59 Å². The van der Waals surface area contributed by atoms with Crippen molar-refractivity contribution in [1.29, 1.82) is 0 Å². The number of β-lactam (4-membered cyclic amide) rings is 1. The molecule has 2 aliphatic rings. The Morgan fingerprint density at radius 2 is 2.18 bits per heavy atom. The van der Waals surface area contributed by atoms with Gasteiger partial charge in [-0.05, 0) is 0 Å². The van der Waals surface area contributed by atoms with E-state index in [2.05, 4.69) is 9.97 Å². The van der Waals surface area contributed by atoms with E-state index in [-0.39, 0.29) is 22.8 Å². The van der Waals surface area contributed by atoms with Gasteiger partial charge in [-0.15, -0.1) is 11.8 Å². The van der Waals surface area contributed by atoms with E-state index in [1.807, 2.05) is 0 Å². The van der Waals surface area contributed by atoms with Gasteiger partial charge in [-0.3, -0.25) is 9.69 Å². The number of carboxylic acids is 1. The average molecular weight is 340 g/mol. The molecule has 22 heavy (non-hydrogen) atoms. The van der Waals surface area contributed by atoms with Crippen LogP contribution < -0.4 is 17.2 Å². The Hall–Kier alpha value is -1.98. The second kappa shape index (κ2) is 5.34. The zero-order valence-corrected chi connectivity index (χ0v) is 12.7. The number of fused-ring (bicyclic) bond motifs is 1. The molecule has 0 saturated carbocycles. The summed E-state index contributed by atoms with van der Waals surface area (Å²) in [5.41, 5.74) is 16.8. The number of rotatable bonds is 3. The quantitative estimate of drug-likeness (QED) is 0.407. The smallest absolute Gasteiger partial charge is 0.353 e. The first-order chi connectivity index (χ1) is 10.4. The number of carbonyl (C=O) groups excluding carboxylic acids is 1. The summed E-state index contributed by atoms with van der Waals surface area (Å²) in [5, 5.41) is 9.52. The first kappa shape index (κ1) is 14.9. The van der Waals surface area contributed by atoms with Gasteiger partial charge in [-0.2, -0.15) is 4.98 Å². The van der Waals surface area contributed by atoms with Gasteiger partial charge in [0.1, 0.15) is 28.0 Å². The molecule has 0 bridgehead atoms. The molecule has 0 spiro atoms. The molecule has 2 aliphatic heterocycles. The van der Waals surface area contributed by atoms with Crippen molar-refractivity contribution in [3.63, 3.8) is 0 Å². The molecule has 2 atom stereocenters. The minimum absolute atomic E-state index is 0.00311. The van der Waals surface area contributed by atoms with Crippen LogP contribution in [0.5, 0.6) is 0 Å². The monoisotopic (exact) mass is 340 g/mol. The van der Waals surface area contributed by atoms with Crippen LogP contribution in [-0.4, -0.2) is 49.0 Å². The lowest BCUT2D eigenvalue weighted by Gasteiger charge is -2.47. The summed E-state index contributed by atoms with van der Waals surface area (Å²) in [4.78, 5) is 32.8. The molecular formula is C11H12N6O3S2. The van der Waals surface area contributed by atoms with Gasteiger partial charge in [0.15, 0.2) is 0 Å². The summed E-state index contributed by atoms with van der Waals surface area (Å²) < 4.78 is 0. The van der Waals surface area contributed by atoms with Crippen LogP contribution >= 0.6 is 23.5 Å². The van der Waals surface area contributed by atoms with Crippen molar-refractivity contribution in [3.05, 3.63) is 16.7 Å². The van der Waals surface area contributed by atoms with Gasteiger partial charge in [-0.1, -0.05) is 11.8 Å². The Balaban J connectivity index is 1.96.